The maximum absolute atomic E-state index is 10.1. The van der Waals surface area contributed by atoms with E-state index in [0.717, 1.165) is 0 Å². The van der Waals surface area contributed by atoms with E-state index in [4.69, 9.17) is 5.11 Å². The molecule has 5 heteroatoms. The Hall–Kier alpha value is -0.684. The second-order valence-corrected chi connectivity index (χ2v) is 1.61. The molecule has 0 aromatic carbocycles. The van der Waals surface area contributed by atoms with Crippen LogP contribution in [0.1, 0.15) is 13.3 Å². The summed E-state index contributed by atoms with van der Waals surface area (Å²) >= 11 is 0. The van der Waals surface area contributed by atoms with E-state index in [1.165, 1.54) is 6.92 Å². The monoisotopic (exact) mass is 189 g/mol. The van der Waals surface area contributed by atoms with Crippen LogP contribution < -0.4 is 0 Å². The van der Waals surface area contributed by atoms with Crippen LogP contribution in [0.25, 0.3) is 0 Å². The molecule has 0 aromatic heterocycles. The third kappa shape index (κ3) is 5.45. The molecule has 0 amide bonds. The van der Waals surface area contributed by atoms with Gasteiger partial charge < -0.3 is 5.11 Å². The van der Waals surface area contributed by atoms with Gasteiger partial charge in [0, 0.05) is 16.8 Å². The molecule has 0 bridgehead atoms. The van der Waals surface area contributed by atoms with Crippen molar-refractivity contribution in [3.8, 4) is 0 Å². The Morgan fingerprint density at radius 3 is 1.80 bits per heavy atom. The van der Waals surface area contributed by atoms with Crippen LogP contribution in [-0.2, 0) is 31.2 Å². The Labute approximate surface area is 67.8 Å². The molecule has 59 valence electrons. The van der Waals surface area contributed by atoms with Crippen LogP contribution in [0.5, 0.6) is 0 Å². The zero-order valence-electron chi connectivity index (χ0n) is 5.21. The van der Waals surface area contributed by atoms with Gasteiger partial charge in [-0.1, -0.05) is 0 Å². The molecule has 0 aliphatic rings. The minimum Gasteiger partial charge on any atom is -0.475 e. The largest absolute Gasteiger partial charge is 0.475 e. The van der Waals surface area contributed by atoms with Crippen LogP contribution in [0.4, 0.5) is 0 Å². The van der Waals surface area contributed by atoms with Gasteiger partial charge in [0.1, 0.15) is 5.78 Å². The maximum Gasteiger partial charge on any atom is 0.372 e. The molecule has 0 aromatic rings. The van der Waals surface area contributed by atoms with E-state index in [9.17, 15) is 14.4 Å². The number of Topliss-reactive ketones (excluding diaryl/α,β-unsaturated/α-hetero) is 2. The zero-order valence-corrected chi connectivity index (χ0v) is 6.25. The van der Waals surface area contributed by atoms with Gasteiger partial charge in [0.05, 0.1) is 6.42 Å². The summed E-state index contributed by atoms with van der Waals surface area (Å²) in [4.78, 5) is 29.9. The van der Waals surface area contributed by atoms with E-state index >= 15 is 0 Å². The molecule has 0 saturated heterocycles. The number of carboxylic acids is 1. The predicted molar refractivity (Wildman–Crippen MR) is 27.9 cm³/mol. The summed E-state index contributed by atoms with van der Waals surface area (Å²) in [5.74, 6) is -3.03. The van der Waals surface area contributed by atoms with Gasteiger partial charge in [-0.25, -0.2) is 4.79 Å². The molecule has 0 rings (SSSR count). The average Bonchev–Trinajstić information content (AvgIpc) is 1.63. The second-order valence-electron chi connectivity index (χ2n) is 1.61. The molecule has 0 fully saturated rings. The number of carbonyl (C=O) groups is 3. The Morgan fingerprint density at radius 1 is 1.30 bits per heavy atom. The standard InChI is InChI=1S/C5H6O4.Co/c1-3(6)2-4(7)5(8)9;/h2H2,1H3,(H,8,9);. The molecule has 0 spiro atoms. The third-order valence-electron chi connectivity index (χ3n) is 0.648. The third-order valence-corrected chi connectivity index (χ3v) is 0.648. The van der Waals surface area contributed by atoms with Crippen LogP contribution in [0.15, 0.2) is 0 Å². The minimum atomic E-state index is -1.55. The summed E-state index contributed by atoms with van der Waals surface area (Å²) in [6.07, 6.45) is -0.505. The number of rotatable bonds is 3. The van der Waals surface area contributed by atoms with Crippen LogP contribution in [-0.4, -0.2) is 22.6 Å². The maximum atomic E-state index is 10.1. The molecule has 1 N–H and O–H groups in total. The summed E-state index contributed by atoms with van der Waals surface area (Å²) < 4.78 is 0. The van der Waals surface area contributed by atoms with Crippen molar-refractivity contribution >= 4 is 17.5 Å². The first-order chi connectivity index (χ1) is 4.04. The minimum absolute atomic E-state index is 0. The molecule has 0 heterocycles. The van der Waals surface area contributed by atoms with Crippen molar-refractivity contribution in [2.24, 2.45) is 0 Å². The van der Waals surface area contributed by atoms with E-state index in [-0.39, 0.29) is 16.8 Å². The van der Waals surface area contributed by atoms with Crippen molar-refractivity contribution in [2.75, 3.05) is 0 Å². The summed E-state index contributed by atoms with van der Waals surface area (Å²) in [5.41, 5.74) is 0. The van der Waals surface area contributed by atoms with Crippen molar-refractivity contribution in [1.82, 2.24) is 0 Å². The first kappa shape index (κ1) is 12.0. The van der Waals surface area contributed by atoms with E-state index in [1.54, 1.807) is 0 Å². The number of aliphatic carboxylic acids is 1. The molecule has 0 atom stereocenters. The van der Waals surface area contributed by atoms with E-state index < -0.39 is 24.0 Å². The quantitative estimate of drug-likeness (QED) is 0.485. The fourth-order valence-corrected chi connectivity index (χ4v) is 0.302. The first-order valence-electron chi connectivity index (χ1n) is 2.29. The van der Waals surface area contributed by atoms with Gasteiger partial charge in [0.15, 0.2) is 0 Å². The van der Waals surface area contributed by atoms with Gasteiger partial charge in [0.2, 0.25) is 5.78 Å². The summed E-state index contributed by atoms with van der Waals surface area (Å²) in [5, 5.41) is 7.93. The van der Waals surface area contributed by atoms with Gasteiger partial charge in [0.25, 0.3) is 0 Å². The Kier molecular flexibility index (Phi) is 6.17. The van der Waals surface area contributed by atoms with Crippen LogP contribution >= 0.6 is 0 Å². The topological polar surface area (TPSA) is 71.4 Å². The fourth-order valence-electron chi connectivity index (χ4n) is 0.302. The van der Waals surface area contributed by atoms with E-state index in [1.807, 2.05) is 0 Å². The van der Waals surface area contributed by atoms with Crippen LogP contribution in [0.3, 0.4) is 0 Å². The Bertz CT molecular complexity index is 163. The normalized spacial score (nSPS) is 7.70. The number of carboxylic acid groups (broad SMARTS) is 1. The zero-order chi connectivity index (χ0) is 7.44. The van der Waals surface area contributed by atoms with Crippen LogP contribution in [0, 0.1) is 0 Å². The number of ketones is 2. The Balaban J connectivity index is 0. The average molecular weight is 189 g/mol. The van der Waals surface area contributed by atoms with Gasteiger partial charge in [-0.05, 0) is 6.92 Å². The van der Waals surface area contributed by atoms with Gasteiger partial charge >= 0.3 is 5.97 Å². The molecule has 0 unspecified atom stereocenters. The van der Waals surface area contributed by atoms with Crippen LogP contribution in [0.2, 0.25) is 0 Å². The van der Waals surface area contributed by atoms with Crippen molar-refractivity contribution in [3.63, 3.8) is 0 Å². The molecule has 4 nitrogen and oxygen atoms in total. The van der Waals surface area contributed by atoms with Crippen molar-refractivity contribution in [3.05, 3.63) is 0 Å². The molecule has 0 aliphatic carbocycles. The Morgan fingerprint density at radius 2 is 1.70 bits per heavy atom. The van der Waals surface area contributed by atoms with E-state index in [2.05, 4.69) is 0 Å². The van der Waals surface area contributed by atoms with Crippen molar-refractivity contribution < 1.29 is 36.3 Å². The molecule has 0 aliphatic heterocycles. The second kappa shape index (κ2) is 5.13. The smallest absolute Gasteiger partial charge is 0.372 e. The molecular weight excluding hydrogens is 183 g/mol. The van der Waals surface area contributed by atoms with Crippen molar-refractivity contribution in [1.29, 1.82) is 0 Å². The van der Waals surface area contributed by atoms with Gasteiger partial charge in [-0.15, -0.1) is 0 Å². The number of hydrogen-bond donors (Lipinski definition) is 1. The number of carbonyl (C=O) groups excluding carboxylic acids is 2. The summed E-state index contributed by atoms with van der Waals surface area (Å²) in [6.45, 7) is 1.17. The van der Waals surface area contributed by atoms with Gasteiger partial charge in [-0.3, -0.25) is 9.59 Å². The molecule has 0 saturated carbocycles. The molecular formula is C5H6CoO4. The summed E-state index contributed by atoms with van der Waals surface area (Å²) in [7, 11) is 0. The number of hydrogen-bond acceptors (Lipinski definition) is 3. The SMILES string of the molecule is CC(=O)CC(=O)C(=O)O.[Co]. The fraction of sp³-hybridized carbons (Fsp3) is 0.400. The van der Waals surface area contributed by atoms with Crippen molar-refractivity contribution in [2.45, 2.75) is 13.3 Å². The molecule has 1 radical (unpaired) electrons. The van der Waals surface area contributed by atoms with Gasteiger partial charge in [-0.2, -0.15) is 0 Å². The molecule has 10 heavy (non-hydrogen) atoms. The first-order valence-corrected chi connectivity index (χ1v) is 2.29. The summed E-state index contributed by atoms with van der Waals surface area (Å²) in [6, 6.07) is 0. The van der Waals surface area contributed by atoms with E-state index in [0.29, 0.717) is 0 Å². The predicted octanol–water partition coefficient (Wildman–Crippen LogP) is -0.383.